The first-order valence-corrected chi connectivity index (χ1v) is 8.73. The van der Waals surface area contributed by atoms with E-state index in [1.807, 2.05) is 24.0 Å². The molecule has 0 saturated carbocycles. The van der Waals surface area contributed by atoms with E-state index in [0.717, 1.165) is 5.56 Å². The van der Waals surface area contributed by atoms with E-state index in [0.29, 0.717) is 54.6 Å². The molecule has 0 atom stereocenters. The van der Waals surface area contributed by atoms with Crippen molar-refractivity contribution in [2.45, 2.75) is 13.5 Å². The molecule has 1 aliphatic rings. The predicted octanol–water partition coefficient (Wildman–Crippen LogP) is 1.75. The van der Waals surface area contributed by atoms with E-state index in [1.165, 1.54) is 6.20 Å². The van der Waals surface area contributed by atoms with Crippen LogP contribution in [0.3, 0.4) is 0 Å². The number of nitriles is 1. The summed E-state index contributed by atoms with van der Waals surface area (Å²) in [7, 11) is 0. The summed E-state index contributed by atoms with van der Waals surface area (Å²) in [6.45, 7) is 3.81. The van der Waals surface area contributed by atoms with Gasteiger partial charge in [0.05, 0.1) is 24.4 Å². The zero-order chi connectivity index (χ0) is 18.8. The molecule has 3 aromatic rings. The third-order valence-electron chi connectivity index (χ3n) is 4.55. The number of fused-ring (bicyclic) bond motifs is 2. The molecule has 2 bridgehead atoms. The average molecular weight is 362 g/mol. The molecule has 8 heteroatoms. The first kappa shape index (κ1) is 16.8. The van der Waals surface area contributed by atoms with E-state index < -0.39 is 0 Å². The molecule has 3 heterocycles. The zero-order valence-corrected chi connectivity index (χ0v) is 14.8. The van der Waals surface area contributed by atoms with Crippen molar-refractivity contribution in [3.05, 3.63) is 53.3 Å². The van der Waals surface area contributed by atoms with Crippen molar-refractivity contribution in [1.29, 1.82) is 5.26 Å². The fourth-order valence-electron chi connectivity index (χ4n) is 3.13. The topological polar surface area (TPSA) is 95.6 Å². The lowest BCUT2D eigenvalue weighted by atomic mass is 10.1. The molecule has 0 aliphatic carbocycles. The number of hydrogen-bond donors (Lipinski definition) is 1. The van der Waals surface area contributed by atoms with Gasteiger partial charge in [-0.15, -0.1) is 0 Å². The van der Waals surface area contributed by atoms with E-state index in [-0.39, 0.29) is 5.91 Å². The lowest BCUT2D eigenvalue weighted by Crippen LogP contribution is -2.28. The number of benzene rings is 1. The third-order valence-corrected chi connectivity index (χ3v) is 4.55. The van der Waals surface area contributed by atoms with Crippen LogP contribution in [-0.2, 0) is 6.54 Å². The first-order valence-electron chi connectivity index (χ1n) is 8.73. The number of nitrogens with one attached hydrogen (secondary N) is 1. The molecule has 0 spiro atoms. The molecule has 0 fully saturated rings. The zero-order valence-electron chi connectivity index (χ0n) is 14.8. The van der Waals surface area contributed by atoms with Gasteiger partial charge in [0.25, 0.3) is 5.91 Å². The summed E-state index contributed by atoms with van der Waals surface area (Å²) in [5.41, 5.74) is 2.29. The van der Waals surface area contributed by atoms with E-state index >= 15 is 0 Å². The molecule has 1 N–H and O–H groups in total. The second kappa shape index (κ2) is 6.96. The van der Waals surface area contributed by atoms with Gasteiger partial charge in [-0.2, -0.15) is 10.4 Å². The van der Waals surface area contributed by atoms with E-state index in [1.54, 1.807) is 22.8 Å². The van der Waals surface area contributed by atoms with Gasteiger partial charge in [0.15, 0.2) is 5.65 Å². The summed E-state index contributed by atoms with van der Waals surface area (Å²) in [5.74, 6) is 1.11. The molecule has 8 nitrogen and oxygen atoms in total. The number of amides is 1. The molecular formula is C19H18N6O2. The molecule has 27 heavy (non-hydrogen) atoms. The highest BCUT2D eigenvalue weighted by Gasteiger charge is 2.19. The minimum atomic E-state index is -0.244. The normalized spacial score (nSPS) is 14.4. The number of carbonyl (C=O) groups excluding carboxylic acids is 1. The Hall–Kier alpha value is -3.60. The van der Waals surface area contributed by atoms with Gasteiger partial charge in [-0.05, 0) is 25.1 Å². The summed E-state index contributed by atoms with van der Waals surface area (Å²) in [4.78, 5) is 19.2. The molecule has 1 aliphatic heterocycles. The predicted molar refractivity (Wildman–Crippen MR) is 98.7 cm³/mol. The Kier molecular flexibility index (Phi) is 4.34. The van der Waals surface area contributed by atoms with Crippen molar-refractivity contribution < 1.29 is 9.53 Å². The Balaban J connectivity index is 1.86. The van der Waals surface area contributed by atoms with Gasteiger partial charge in [0.2, 0.25) is 0 Å². The van der Waals surface area contributed by atoms with Gasteiger partial charge < -0.3 is 15.0 Å². The standard InChI is InChI=1S/C19H18N6O2/c1-2-24-12-15-13(10-20)4-3-5-16(15)27-9-7-21-19(26)14-11-22-25-8-6-17(24)23-18(14)25/h3-6,8,11H,2,7,9,12H2,1H3,(H,21,26). The van der Waals surface area contributed by atoms with Gasteiger partial charge >= 0.3 is 0 Å². The maximum atomic E-state index is 12.5. The van der Waals surface area contributed by atoms with E-state index in [9.17, 15) is 10.1 Å². The van der Waals surface area contributed by atoms with Gasteiger partial charge in [0, 0.05) is 24.8 Å². The van der Waals surface area contributed by atoms with Crippen LogP contribution in [0.25, 0.3) is 5.65 Å². The second-order valence-electron chi connectivity index (χ2n) is 6.12. The van der Waals surface area contributed by atoms with Gasteiger partial charge in [-0.1, -0.05) is 6.07 Å². The number of hydrogen-bond acceptors (Lipinski definition) is 6. The van der Waals surface area contributed by atoms with E-state index in [4.69, 9.17) is 4.74 Å². The van der Waals surface area contributed by atoms with Crippen molar-refractivity contribution >= 4 is 17.4 Å². The average Bonchev–Trinajstić information content (AvgIpc) is 3.12. The van der Waals surface area contributed by atoms with Crippen LogP contribution in [0, 0.1) is 11.3 Å². The van der Waals surface area contributed by atoms with Crippen molar-refractivity contribution in [3.63, 3.8) is 0 Å². The minimum absolute atomic E-state index is 0.244. The van der Waals surface area contributed by atoms with Crippen molar-refractivity contribution in [2.75, 3.05) is 24.6 Å². The van der Waals surface area contributed by atoms with Crippen LogP contribution in [0.15, 0.2) is 36.7 Å². The minimum Gasteiger partial charge on any atom is -0.491 e. The van der Waals surface area contributed by atoms with Crippen LogP contribution < -0.4 is 15.0 Å². The molecule has 0 saturated heterocycles. The highest BCUT2D eigenvalue weighted by atomic mass is 16.5. The molecule has 2 aromatic heterocycles. The maximum Gasteiger partial charge on any atom is 0.256 e. The number of anilines is 1. The molecule has 4 rings (SSSR count). The molecule has 0 unspecified atom stereocenters. The SMILES string of the molecule is CCN1Cc2c(C#N)cccc2OCCNC(=O)c2cnn3ccc1nc23. The summed E-state index contributed by atoms with van der Waals surface area (Å²) in [6.07, 6.45) is 3.30. The fraction of sp³-hybridized carbons (Fsp3) is 0.263. The lowest BCUT2D eigenvalue weighted by Gasteiger charge is -2.24. The lowest BCUT2D eigenvalue weighted by molar-refractivity contribution is 0.0948. The van der Waals surface area contributed by atoms with Crippen LogP contribution in [0.1, 0.15) is 28.4 Å². The smallest absolute Gasteiger partial charge is 0.256 e. The molecule has 0 radical (unpaired) electrons. The molecule has 1 aromatic carbocycles. The van der Waals surface area contributed by atoms with Crippen LogP contribution in [0.5, 0.6) is 5.75 Å². The van der Waals surface area contributed by atoms with Crippen LogP contribution in [-0.4, -0.2) is 40.2 Å². The van der Waals surface area contributed by atoms with Crippen molar-refractivity contribution in [3.8, 4) is 11.8 Å². The Morgan fingerprint density at radius 1 is 1.37 bits per heavy atom. The van der Waals surface area contributed by atoms with Gasteiger partial charge in [0.1, 0.15) is 23.7 Å². The second-order valence-corrected chi connectivity index (χ2v) is 6.12. The van der Waals surface area contributed by atoms with E-state index in [2.05, 4.69) is 21.5 Å². The summed E-state index contributed by atoms with van der Waals surface area (Å²) < 4.78 is 7.45. The Morgan fingerprint density at radius 2 is 2.26 bits per heavy atom. The monoisotopic (exact) mass is 362 g/mol. The summed E-state index contributed by atoms with van der Waals surface area (Å²) >= 11 is 0. The number of carbonyl (C=O) groups is 1. The molecular weight excluding hydrogens is 344 g/mol. The highest BCUT2D eigenvalue weighted by Crippen LogP contribution is 2.26. The quantitative estimate of drug-likeness (QED) is 0.709. The largest absolute Gasteiger partial charge is 0.491 e. The Morgan fingerprint density at radius 3 is 3.07 bits per heavy atom. The number of rotatable bonds is 1. The van der Waals surface area contributed by atoms with Crippen molar-refractivity contribution in [2.24, 2.45) is 0 Å². The third kappa shape index (κ3) is 3.04. The Bertz CT molecular complexity index is 1050. The van der Waals surface area contributed by atoms with Crippen LogP contribution >= 0.6 is 0 Å². The highest BCUT2D eigenvalue weighted by molar-refractivity contribution is 5.99. The van der Waals surface area contributed by atoms with Gasteiger partial charge in [-0.3, -0.25) is 4.79 Å². The van der Waals surface area contributed by atoms with Crippen LogP contribution in [0.2, 0.25) is 0 Å². The Labute approximate surface area is 156 Å². The molecule has 136 valence electrons. The van der Waals surface area contributed by atoms with Crippen LogP contribution in [0.4, 0.5) is 5.82 Å². The maximum absolute atomic E-state index is 12.5. The summed E-state index contributed by atoms with van der Waals surface area (Å²) in [6, 6.07) is 9.51. The van der Waals surface area contributed by atoms with Gasteiger partial charge in [-0.25, -0.2) is 9.50 Å². The summed E-state index contributed by atoms with van der Waals surface area (Å²) in [5, 5.41) is 16.5. The molecule has 1 amide bonds. The number of ether oxygens (including phenoxy) is 1. The number of nitrogens with zero attached hydrogens (tertiary/aromatic N) is 5. The van der Waals surface area contributed by atoms with Crippen molar-refractivity contribution in [1.82, 2.24) is 19.9 Å². The fourth-order valence-corrected chi connectivity index (χ4v) is 3.13. The first-order chi connectivity index (χ1) is 13.2. The number of aromatic nitrogens is 3.